The lowest BCUT2D eigenvalue weighted by Crippen LogP contribution is -2.03. The molecule has 6 heteroatoms. The second kappa shape index (κ2) is 4.62. The third kappa shape index (κ3) is 2.32. The Morgan fingerprint density at radius 2 is 1.61 bits per heavy atom. The summed E-state index contributed by atoms with van der Waals surface area (Å²) >= 11 is 0. The molecule has 0 aliphatic carbocycles. The molecule has 0 bridgehead atoms. The molecule has 0 saturated heterocycles. The van der Waals surface area contributed by atoms with E-state index in [1.165, 1.54) is 24.5 Å². The molecule has 0 spiro atoms. The van der Waals surface area contributed by atoms with Crippen LogP contribution < -0.4 is 0 Å². The number of aromatic carboxylic acids is 2. The minimum Gasteiger partial charge on any atom is -0.478 e. The Morgan fingerprint density at radius 1 is 0.944 bits per heavy atom. The molecule has 6 nitrogen and oxygen atoms in total. The Hall–Kier alpha value is -2.76. The maximum absolute atomic E-state index is 10.8. The normalized spacial score (nSPS) is 10.0. The lowest BCUT2D eigenvalue weighted by atomic mass is 10.1. The van der Waals surface area contributed by atoms with Gasteiger partial charge in [-0.1, -0.05) is 12.1 Å². The van der Waals surface area contributed by atoms with Crippen LogP contribution >= 0.6 is 0 Å². The highest BCUT2D eigenvalue weighted by molar-refractivity contribution is 5.89. The van der Waals surface area contributed by atoms with Gasteiger partial charge in [0.15, 0.2) is 0 Å². The predicted octanol–water partition coefficient (Wildman–Crippen LogP) is 1.54. The first-order valence-electron chi connectivity index (χ1n) is 4.97. The van der Waals surface area contributed by atoms with Crippen LogP contribution in [0, 0.1) is 0 Å². The van der Waals surface area contributed by atoms with Gasteiger partial charge in [0, 0.05) is 18.0 Å². The Morgan fingerprint density at radius 3 is 2.17 bits per heavy atom. The largest absolute Gasteiger partial charge is 0.478 e. The molecule has 2 aromatic rings. The SMILES string of the molecule is O=C(O)c1cccc(-c2cnc(C(=O)O)nc2)c1. The van der Waals surface area contributed by atoms with Crippen LogP contribution in [0.1, 0.15) is 21.0 Å². The number of benzene rings is 1. The van der Waals surface area contributed by atoms with Gasteiger partial charge in [-0.3, -0.25) is 0 Å². The highest BCUT2D eigenvalue weighted by atomic mass is 16.4. The number of aromatic nitrogens is 2. The highest BCUT2D eigenvalue weighted by Gasteiger charge is 2.08. The van der Waals surface area contributed by atoms with Crippen LogP contribution in [-0.2, 0) is 0 Å². The van der Waals surface area contributed by atoms with Crippen molar-refractivity contribution in [2.45, 2.75) is 0 Å². The van der Waals surface area contributed by atoms with Gasteiger partial charge in [0.05, 0.1) is 5.56 Å². The number of nitrogens with zero attached hydrogens (tertiary/aromatic N) is 2. The third-order valence-electron chi connectivity index (χ3n) is 2.29. The summed E-state index contributed by atoms with van der Waals surface area (Å²) in [7, 11) is 0. The van der Waals surface area contributed by atoms with Crippen molar-refractivity contribution >= 4 is 11.9 Å². The van der Waals surface area contributed by atoms with Gasteiger partial charge >= 0.3 is 11.9 Å². The van der Waals surface area contributed by atoms with Crippen molar-refractivity contribution < 1.29 is 19.8 Å². The summed E-state index contributed by atoms with van der Waals surface area (Å²) in [6, 6.07) is 6.25. The van der Waals surface area contributed by atoms with E-state index < -0.39 is 11.9 Å². The first-order valence-corrected chi connectivity index (χ1v) is 4.97. The molecular formula is C12H8N2O4. The lowest BCUT2D eigenvalue weighted by molar-refractivity contribution is 0.0677. The summed E-state index contributed by atoms with van der Waals surface area (Å²) in [5.74, 6) is -2.53. The van der Waals surface area contributed by atoms with Gasteiger partial charge in [-0.05, 0) is 17.7 Å². The van der Waals surface area contributed by atoms with Crippen molar-refractivity contribution in [3.63, 3.8) is 0 Å². The molecule has 0 unspecified atom stereocenters. The van der Waals surface area contributed by atoms with Crippen molar-refractivity contribution in [2.24, 2.45) is 0 Å². The van der Waals surface area contributed by atoms with E-state index in [1.54, 1.807) is 12.1 Å². The molecule has 0 fully saturated rings. The van der Waals surface area contributed by atoms with Crippen LogP contribution in [0.2, 0.25) is 0 Å². The minimum atomic E-state index is -1.21. The van der Waals surface area contributed by atoms with Gasteiger partial charge in [-0.15, -0.1) is 0 Å². The summed E-state index contributed by atoms with van der Waals surface area (Å²) in [5.41, 5.74) is 1.32. The topological polar surface area (TPSA) is 100 Å². The molecule has 0 amide bonds. The van der Waals surface area contributed by atoms with Gasteiger partial charge in [0.25, 0.3) is 0 Å². The molecule has 90 valence electrons. The Kier molecular flexibility index (Phi) is 3.01. The van der Waals surface area contributed by atoms with E-state index in [0.717, 1.165) is 0 Å². The molecule has 0 radical (unpaired) electrons. The fourth-order valence-electron chi connectivity index (χ4n) is 1.42. The fraction of sp³-hybridized carbons (Fsp3) is 0. The van der Waals surface area contributed by atoms with Gasteiger partial charge < -0.3 is 10.2 Å². The number of carboxylic acid groups (broad SMARTS) is 2. The van der Waals surface area contributed by atoms with E-state index in [4.69, 9.17) is 10.2 Å². The van der Waals surface area contributed by atoms with Crippen LogP contribution in [0.25, 0.3) is 11.1 Å². The molecule has 0 saturated carbocycles. The molecule has 1 aromatic heterocycles. The average Bonchev–Trinajstić information content (AvgIpc) is 2.39. The minimum absolute atomic E-state index is 0.148. The monoisotopic (exact) mass is 244 g/mol. The van der Waals surface area contributed by atoms with E-state index in [9.17, 15) is 9.59 Å². The van der Waals surface area contributed by atoms with Crippen LogP contribution in [0.15, 0.2) is 36.7 Å². The van der Waals surface area contributed by atoms with Crippen molar-refractivity contribution in [3.8, 4) is 11.1 Å². The quantitative estimate of drug-likeness (QED) is 0.849. The molecule has 18 heavy (non-hydrogen) atoms. The van der Waals surface area contributed by atoms with Gasteiger partial charge in [-0.2, -0.15) is 0 Å². The predicted molar refractivity (Wildman–Crippen MR) is 61.4 cm³/mol. The zero-order chi connectivity index (χ0) is 13.1. The number of carbonyl (C=O) groups is 2. The van der Waals surface area contributed by atoms with E-state index >= 15 is 0 Å². The summed E-state index contributed by atoms with van der Waals surface area (Å²) in [4.78, 5) is 28.8. The summed E-state index contributed by atoms with van der Waals surface area (Å²) in [5, 5.41) is 17.5. The molecule has 2 N–H and O–H groups in total. The first-order chi connectivity index (χ1) is 8.58. The Labute approximate surface area is 102 Å². The van der Waals surface area contributed by atoms with E-state index in [-0.39, 0.29) is 11.4 Å². The molecule has 2 rings (SSSR count). The van der Waals surface area contributed by atoms with Crippen LogP contribution in [-0.4, -0.2) is 32.1 Å². The number of carboxylic acids is 2. The summed E-state index contributed by atoms with van der Waals surface area (Å²) < 4.78 is 0. The number of rotatable bonds is 3. The highest BCUT2D eigenvalue weighted by Crippen LogP contribution is 2.18. The first kappa shape index (κ1) is 11.7. The zero-order valence-corrected chi connectivity index (χ0v) is 9.07. The van der Waals surface area contributed by atoms with Crippen molar-refractivity contribution in [1.29, 1.82) is 0 Å². The second-order valence-electron chi connectivity index (χ2n) is 3.49. The molecule has 0 aliphatic rings. The smallest absolute Gasteiger partial charge is 0.373 e. The van der Waals surface area contributed by atoms with E-state index in [2.05, 4.69) is 9.97 Å². The summed E-state index contributed by atoms with van der Waals surface area (Å²) in [6.45, 7) is 0. The van der Waals surface area contributed by atoms with E-state index in [1.807, 2.05) is 0 Å². The van der Waals surface area contributed by atoms with Crippen LogP contribution in [0.4, 0.5) is 0 Å². The van der Waals surface area contributed by atoms with Crippen LogP contribution in [0.5, 0.6) is 0 Å². The van der Waals surface area contributed by atoms with Crippen molar-refractivity contribution in [1.82, 2.24) is 9.97 Å². The van der Waals surface area contributed by atoms with Crippen molar-refractivity contribution in [2.75, 3.05) is 0 Å². The molecule has 1 aromatic carbocycles. The maximum Gasteiger partial charge on any atom is 0.373 e. The molecular weight excluding hydrogens is 236 g/mol. The Balaban J connectivity index is 2.39. The van der Waals surface area contributed by atoms with Crippen LogP contribution in [0.3, 0.4) is 0 Å². The molecule has 1 heterocycles. The van der Waals surface area contributed by atoms with Crippen molar-refractivity contribution in [3.05, 3.63) is 48.0 Å². The van der Waals surface area contributed by atoms with Gasteiger partial charge in [0.1, 0.15) is 0 Å². The van der Waals surface area contributed by atoms with E-state index in [0.29, 0.717) is 11.1 Å². The summed E-state index contributed by atoms with van der Waals surface area (Å²) in [6.07, 6.45) is 2.69. The number of hydrogen-bond acceptors (Lipinski definition) is 4. The standard InChI is InChI=1S/C12H8N2O4/c15-11(16)8-3-1-2-7(4-8)9-5-13-10(12(17)18)14-6-9/h1-6H,(H,15,16)(H,17,18). The lowest BCUT2D eigenvalue weighted by Gasteiger charge is -2.02. The van der Waals surface area contributed by atoms with Gasteiger partial charge in [-0.25, -0.2) is 19.6 Å². The molecule has 0 atom stereocenters. The maximum atomic E-state index is 10.8. The average molecular weight is 244 g/mol. The zero-order valence-electron chi connectivity index (χ0n) is 9.07. The van der Waals surface area contributed by atoms with Gasteiger partial charge in [0.2, 0.25) is 5.82 Å². The Bertz CT molecular complexity index is 608. The second-order valence-corrected chi connectivity index (χ2v) is 3.49. The third-order valence-corrected chi connectivity index (χ3v) is 2.29. The number of hydrogen-bond donors (Lipinski definition) is 2. The molecule has 0 aliphatic heterocycles. The fourth-order valence-corrected chi connectivity index (χ4v) is 1.42.